The van der Waals surface area contributed by atoms with Crippen molar-refractivity contribution in [3.63, 3.8) is 0 Å². The van der Waals surface area contributed by atoms with Gasteiger partial charge >= 0.3 is 6.18 Å². The molecule has 208 valence electrons. The lowest BCUT2D eigenvalue weighted by Gasteiger charge is -2.51. The molecule has 0 atom stereocenters. The molecule has 0 unspecified atom stereocenters. The number of nitrogens with zero attached hydrogens (tertiary/aromatic N) is 4. The molecule has 2 bridgehead atoms. The first kappa shape index (κ1) is 26.5. The Bertz CT molecular complexity index is 1600. The van der Waals surface area contributed by atoms with Crippen LogP contribution in [0.1, 0.15) is 47.4 Å². The molecule has 40 heavy (non-hydrogen) atoms. The van der Waals surface area contributed by atoms with Crippen LogP contribution in [0.2, 0.25) is 5.15 Å². The Labute approximate surface area is 231 Å². The van der Waals surface area contributed by atoms with Crippen LogP contribution >= 0.6 is 11.6 Å². The van der Waals surface area contributed by atoms with Crippen LogP contribution in [0.15, 0.2) is 48.8 Å². The molecule has 3 aromatic heterocycles. The highest BCUT2D eigenvalue weighted by Gasteiger charge is 2.52. The molecule has 4 aromatic rings. The standard InChI is InChI=1S/C27H24ClF3N6O3/c28-18-12-34-22(32)21-20(36-24(37(18)21)25-6-8-26(13-38,9-7-25)40-14-25)15-1-3-16(4-2-15)23(39)35-19-11-17(5-10-33-19)27(29,30)31/h1-5,10-12,38H,6-9,13-14H2,(H2,32,34)(H,33,35,39). The molecule has 4 N–H and O–H groups in total. The van der Waals surface area contributed by atoms with Gasteiger partial charge in [0.15, 0.2) is 0 Å². The second-order valence-electron chi connectivity index (χ2n) is 10.3. The number of carbonyl (C=O) groups excluding carboxylic acids is 1. The summed E-state index contributed by atoms with van der Waals surface area (Å²) >= 11 is 6.62. The number of halogens is 4. The van der Waals surface area contributed by atoms with Crippen molar-refractivity contribution < 1.29 is 27.8 Å². The van der Waals surface area contributed by atoms with Crippen LogP contribution in [0.3, 0.4) is 0 Å². The molecule has 2 saturated heterocycles. The third kappa shape index (κ3) is 4.36. The number of aliphatic hydroxyl groups excluding tert-OH is 1. The van der Waals surface area contributed by atoms with Gasteiger partial charge in [0.25, 0.3) is 5.91 Å². The van der Waals surface area contributed by atoms with Gasteiger partial charge in [0.1, 0.15) is 33.8 Å². The van der Waals surface area contributed by atoms with Gasteiger partial charge < -0.3 is 20.9 Å². The number of imidazole rings is 1. The van der Waals surface area contributed by atoms with Crippen molar-refractivity contribution in [3.8, 4) is 11.3 Å². The number of pyridine rings is 1. The maximum Gasteiger partial charge on any atom is 0.416 e. The van der Waals surface area contributed by atoms with Crippen LogP contribution in [0.25, 0.3) is 16.8 Å². The lowest BCUT2D eigenvalue weighted by Crippen LogP contribution is -2.55. The predicted octanol–water partition coefficient (Wildman–Crippen LogP) is 4.87. The van der Waals surface area contributed by atoms with Crippen LogP contribution in [0.4, 0.5) is 24.8 Å². The summed E-state index contributed by atoms with van der Waals surface area (Å²) in [6.07, 6.45) is 0.793. The second-order valence-corrected chi connectivity index (χ2v) is 10.7. The number of nitrogen functional groups attached to an aromatic ring is 1. The molecule has 5 heterocycles. The van der Waals surface area contributed by atoms with Crippen molar-refractivity contribution in [2.24, 2.45) is 0 Å². The summed E-state index contributed by atoms with van der Waals surface area (Å²) in [7, 11) is 0. The smallest absolute Gasteiger partial charge is 0.393 e. The normalized spacial score (nSPS) is 22.5. The maximum atomic E-state index is 13.0. The van der Waals surface area contributed by atoms with Gasteiger partial charge in [-0.1, -0.05) is 23.7 Å². The number of benzene rings is 1. The summed E-state index contributed by atoms with van der Waals surface area (Å²) in [5.74, 6) is 0.0871. The Balaban J connectivity index is 1.33. The van der Waals surface area contributed by atoms with Crippen LogP contribution in [-0.4, -0.2) is 49.2 Å². The van der Waals surface area contributed by atoms with E-state index in [2.05, 4.69) is 15.3 Å². The van der Waals surface area contributed by atoms with Crippen LogP contribution in [-0.2, 0) is 16.3 Å². The Morgan fingerprint density at radius 2 is 1.88 bits per heavy atom. The summed E-state index contributed by atoms with van der Waals surface area (Å²) in [4.78, 5) is 25.8. The topological polar surface area (TPSA) is 128 Å². The van der Waals surface area contributed by atoms with Gasteiger partial charge in [-0.2, -0.15) is 13.2 Å². The average molecular weight is 573 g/mol. The Kier molecular flexibility index (Phi) is 6.24. The molecule has 1 aromatic carbocycles. The van der Waals surface area contributed by atoms with Gasteiger partial charge in [0, 0.05) is 17.3 Å². The number of hydrogen-bond donors (Lipinski definition) is 3. The Hall–Kier alpha value is -3.74. The van der Waals surface area contributed by atoms with E-state index in [9.17, 15) is 23.1 Å². The van der Waals surface area contributed by atoms with Crippen molar-refractivity contribution in [2.75, 3.05) is 24.3 Å². The van der Waals surface area contributed by atoms with E-state index in [4.69, 9.17) is 27.1 Å². The van der Waals surface area contributed by atoms with E-state index >= 15 is 0 Å². The zero-order valence-corrected chi connectivity index (χ0v) is 21.8. The molecule has 1 aliphatic carbocycles. The third-order valence-corrected chi connectivity index (χ3v) is 8.20. The molecule has 0 spiro atoms. The van der Waals surface area contributed by atoms with Gasteiger partial charge in [-0.05, 0) is 49.9 Å². The fourth-order valence-electron chi connectivity index (χ4n) is 5.56. The van der Waals surface area contributed by atoms with Crippen LogP contribution < -0.4 is 11.1 Å². The highest BCUT2D eigenvalue weighted by molar-refractivity contribution is 6.30. The number of amides is 1. The zero-order valence-electron chi connectivity index (χ0n) is 21.0. The van der Waals surface area contributed by atoms with Crippen molar-refractivity contribution >= 4 is 34.7 Å². The molecular formula is C27H24ClF3N6O3. The minimum atomic E-state index is -4.56. The summed E-state index contributed by atoms with van der Waals surface area (Å²) in [6, 6.07) is 8.02. The molecule has 1 saturated carbocycles. The van der Waals surface area contributed by atoms with E-state index in [0.717, 1.165) is 31.2 Å². The van der Waals surface area contributed by atoms with E-state index in [1.807, 2.05) is 0 Å². The van der Waals surface area contributed by atoms with Crippen molar-refractivity contribution in [1.82, 2.24) is 19.4 Å². The lowest BCUT2D eigenvalue weighted by molar-refractivity contribution is -0.177. The predicted molar refractivity (Wildman–Crippen MR) is 141 cm³/mol. The maximum absolute atomic E-state index is 13.0. The first-order valence-corrected chi connectivity index (χ1v) is 12.9. The number of alkyl halides is 3. The Morgan fingerprint density at radius 3 is 2.50 bits per heavy atom. The van der Waals surface area contributed by atoms with E-state index in [1.165, 1.54) is 18.3 Å². The number of aliphatic hydroxyl groups is 1. The van der Waals surface area contributed by atoms with Crippen LogP contribution in [0, 0.1) is 0 Å². The molecule has 13 heteroatoms. The molecular weight excluding hydrogens is 549 g/mol. The summed E-state index contributed by atoms with van der Waals surface area (Å²) < 4.78 is 47.0. The molecule has 1 amide bonds. The summed E-state index contributed by atoms with van der Waals surface area (Å²) in [5, 5.41) is 12.6. The second kappa shape index (κ2) is 9.43. The third-order valence-electron chi connectivity index (χ3n) is 7.93. The fraction of sp³-hybridized carbons (Fsp3) is 0.333. The molecule has 2 aliphatic heterocycles. The highest BCUT2D eigenvalue weighted by atomic mass is 35.5. The van der Waals surface area contributed by atoms with Crippen molar-refractivity contribution in [1.29, 1.82) is 0 Å². The van der Waals surface area contributed by atoms with Gasteiger partial charge in [-0.15, -0.1) is 0 Å². The van der Waals surface area contributed by atoms with E-state index in [0.29, 0.717) is 47.2 Å². The minimum absolute atomic E-state index is 0.0297. The largest absolute Gasteiger partial charge is 0.416 e. The van der Waals surface area contributed by atoms with Gasteiger partial charge in [0.05, 0.1) is 36.0 Å². The number of nitrogens with two attached hydrogens (primary N) is 1. The number of ether oxygens (including phenoxy) is 1. The quantitative estimate of drug-likeness (QED) is 0.311. The molecule has 9 nitrogen and oxygen atoms in total. The first-order chi connectivity index (χ1) is 19.0. The Morgan fingerprint density at radius 1 is 1.15 bits per heavy atom. The number of fused-ring (bicyclic) bond motifs is 4. The molecule has 3 aliphatic rings. The number of carbonyl (C=O) groups is 1. The SMILES string of the molecule is Nc1ncc(Cl)n2c(C34CCC(CO)(CC3)OC4)nc(-c3ccc(C(=O)Nc4cc(C(F)(F)F)ccn4)cc3)c12. The van der Waals surface area contributed by atoms with Gasteiger partial charge in [-0.25, -0.2) is 15.0 Å². The van der Waals surface area contributed by atoms with Gasteiger partial charge in [0.2, 0.25) is 0 Å². The summed E-state index contributed by atoms with van der Waals surface area (Å²) in [5.41, 5.74) is 6.35. The molecule has 3 fully saturated rings. The highest BCUT2D eigenvalue weighted by Crippen LogP contribution is 2.51. The number of nitrogens with one attached hydrogen (secondary N) is 1. The number of anilines is 2. The van der Waals surface area contributed by atoms with Crippen molar-refractivity contribution in [2.45, 2.75) is 42.9 Å². The number of rotatable bonds is 5. The van der Waals surface area contributed by atoms with Gasteiger partial charge in [-0.3, -0.25) is 9.20 Å². The number of aromatic nitrogens is 4. The lowest BCUT2D eigenvalue weighted by atomic mass is 9.66. The average Bonchev–Trinajstić information content (AvgIpc) is 3.39. The summed E-state index contributed by atoms with van der Waals surface area (Å²) in [6.45, 7) is 0.353. The van der Waals surface area contributed by atoms with E-state index < -0.39 is 28.7 Å². The minimum Gasteiger partial charge on any atom is -0.393 e. The van der Waals surface area contributed by atoms with E-state index in [1.54, 1.807) is 16.5 Å². The van der Waals surface area contributed by atoms with Crippen LogP contribution in [0.5, 0.6) is 0 Å². The first-order valence-electron chi connectivity index (χ1n) is 12.6. The molecule has 7 rings (SSSR count). The zero-order chi connectivity index (χ0) is 28.3. The molecule has 0 radical (unpaired) electrons. The number of hydrogen-bond acceptors (Lipinski definition) is 7. The monoisotopic (exact) mass is 572 g/mol. The van der Waals surface area contributed by atoms with E-state index in [-0.39, 0.29) is 23.8 Å². The van der Waals surface area contributed by atoms with Crippen molar-refractivity contribution in [3.05, 3.63) is 70.9 Å². The fourth-order valence-corrected chi connectivity index (χ4v) is 5.78.